The second-order valence-corrected chi connectivity index (χ2v) is 22.4. The van der Waals surface area contributed by atoms with Crippen LogP contribution >= 0.6 is 0 Å². The number of hydrogen-bond donors (Lipinski definition) is 2. The maximum Gasteiger partial charge on any atom is 1.00 e. The zero-order valence-corrected chi connectivity index (χ0v) is 38.4. The third-order valence-corrected chi connectivity index (χ3v) is 19.4. The van der Waals surface area contributed by atoms with Crippen LogP contribution in [0.25, 0.3) is 0 Å². The molecule has 0 radical (unpaired) electrons. The Morgan fingerprint density at radius 2 is 1.66 bits per heavy atom. The van der Waals surface area contributed by atoms with Crippen LogP contribution in [0.15, 0.2) is 35.5 Å². The van der Waals surface area contributed by atoms with E-state index in [4.69, 9.17) is 0 Å². The van der Waals surface area contributed by atoms with Gasteiger partial charge in [-0.3, -0.25) is 6.29 Å². The topological polar surface area (TPSA) is 120 Å². The molecule has 0 aromatic carbocycles. The molecule has 0 bridgehead atoms. The predicted octanol–water partition coefficient (Wildman–Crippen LogP) is 3.92. The van der Waals surface area contributed by atoms with Gasteiger partial charge in [0.25, 0.3) is 0 Å². The van der Waals surface area contributed by atoms with Crippen LogP contribution in [0.4, 0.5) is 0 Å². The molecule has 7 aliphatic rings. The minimum atomic E-state index is -2.86. The number of sulfone groups is 1. The molecule has 9 heteroatoms. The zero-order valence-electron chi connectivity index (χ0n) is 34.5. The van der Waals surface area contributed by atoms with Gasteiger partial charge < -0.3 is 25.6 Å². The molecule has 10 atom stereocenters. The van der Waals surface area contributed by atoms with Crippen LogP contribution in [0.2, 0.25) is 0 Å². The van der Waals surface area contributed by atoms with Crippen molar-refractivity contribution in [3.05, 3.63) is 35.5 Å². The summed E-state index contributed by atoms with van der Waals surface area (Å²) in [5, 5.41) is 13.8. The Bertz CT molecular complexity index is 1560. The van der Waals surface area contributed by atoms with E-state index >= 15 is 0 Å². The fraction of sp³-hybridized carbons (Fsp3) is 0.841. The van der Waals surface area contributed by atoms with Crippen LogP contribution < -0.4 is 56.7 Å². The average molecular weight is 780 g/mol. The van der Waals surface area contributed by atoms with E-state index in [1.807, 2.05) is 0 Å². The van der Waals surface area contributed by atoms with Gasteiger partial charge in [0.05, 0.1) is 11.5 Å². The third kappa shape index (κ3) is 7.23. The van der Waals surface area contributed by atoms with Gasteiger partial charge in [0.15, 0.2) is 9.84 Å². The van der Waals surface area contributed by atoms with Crippen LogP contribution in [0, 0.1) is 56.7 Å². The average Bonchev–Trinajstić information content (AvgIpc) is 3.46. The normalized spacial score (nSPS) is 44.3. The SMILES string of the molecule is C=C(C)[C@@H]1CC[C@]2(NCCN3CCS(=O)(=O)CC3)CC[C@]3(C)[C@H](CC[C@@H]4[C@@]5(C)CC=C(C6=CCC([C-]=O)(CCO)CC6)C(C)(C)[C@@H]5CC[C@]43C)[C@@H]12.[K+].[OH3+]. The van der Waals surface area contributed by atoms with E-state index in [1.165, 1.54) is 68.1 Å². The summed E-state index contributed by atoms with van der Waals surface area (Å²) in [4.78, 5) is 14.3. The molecule has 0 spiro atoms. The monoisotopic (exact) mass is 779 g/mol. The van der Waals surface area contributed by atoms with Gasteiger partial charge in [0, 0.05) is 38.3 Å². The van der Waals surface area contributed by atoms with Gasteiger partial charge >= 0.3 is 51.4 Å². The van der Waals surface area contributed by atoms with E-state index in [0.717, 1.165) is 32.4 Å². The summed E-state index contributed by atoms with van der Waals surface area (Å²) in [6.07, 6.45) is 21.6. The van der Waals surface area contributed by atoms with Crippen molar-refractivity contribution in [3.63, 3.8) is 0 Å². The van der Waals surface area contributed by atoms with Crippen LogP contribution in [0.1, 0.15) is 125 Å². The third-order valence-electron chi connectivity index (χ3n) is 17.8. The molecule has 1 unspecified atom stereocenters. The molecular formula is C44H72KN2O5S+. The number of aliphatic hydroxyl groups excluding tert-OH is 1. The second kappa shape index (κ2) is 15.8. The van der Waals surface area contributed by atoms with Gasteiger partial charge in [-0.05, 0) is 140 Å². The van der Waals surface area contributed by atoms with Crippen molar-refractivity contribution in [3.8, 4) is 0 Å². The van der Waals surface area contributed by atoms with Crippen molar-refractivity contribution in [2.75, 3.05) is 44.3 Å². The molecule has 1 aliphatic heterocycles. The second-order valence-electron chi connectivity index (χ2n) is 20.1. The van der Waals surface area contributed by atoms with Gasteiger partial charge in [-0.1, -0.05) is 71.8 Å². The van der Waals surface area contributed by atoms with E-state index in [2.05, 4.69) is 76.8 Å². The Balaban J connectivity index is 0.00000271. The van der Waals surface area contributed by atoms with Gasteiger partial charge in [-0.2, -0.15) is 0 Å². The zero-order chi connectivity index (χ0) is 36.7. The predicted molar refractivity (Wildman–Crippen MR) is 212 cm³/mol. The van der Waals surface area contributed by atoms with Crippen LogP contribution in [0.5, 0.6) is 0 Å². The standard InChI is InChI=1S/C44H69N2O4S.K.H2O/c1-31(2)33-12-19-44(45-23-24-46-25-28-51(49,50)29-26-46)21-20-41(6)35(38(33)44)8-9-37-40(5)15-13-34(39(3,4)36(40)14-16-42(37,41)7)32-10-17-43(30-48,18-11-32)22-27-47;;/h10,13,33,35-38,45,47H,1,8-9,11-12,14-29H2,2-7H3;;1H2/q-1;+1;/p+1/t33-,35+,36-,37+,38+,40-,41+,42+,43?,44-;;/m0../s1. The van der Waals surface area contributed by atoms with E-state index in [0.29, 0.717) is 77.9 Å². The van der Waals surface area contributed by atoms with Crippen LogP contribution in [-0.2, 0) is 20.1 Å². The quantitative estimate of drug-likeness (QED) is 0.159. The van der Waals surface area contributed by atoms with Crippen LogP contribution in [0.3, 0.4) is 0 Å². The molecule has 0 aromatic heterocycles. The summed E-state index contributed by atoms with van der Waals surface area (Å²) in [5.41, 5.74) is 4.94. The Labute approximate surface area is 365 Å². The van der Waals surface area contributed by atoms with Crippen molar-refractivity contribution in [2.45, 2.75) is 131 Å². The first-order valence-corrected chi connectivity index (χ1v) is 22.6. The first-order chi connectivity index (χ1) is 24.0. The summed E-state index contributed by atoms with van der Waals surface area (Å²) in [6.45, 7) is 23.3. The molecule has 4 saturated carbocycles. The number of allylic oxidation sites excluding steroid dienone is 5. The Morgan fingerprint density at radius 1 is 0.943 bits per heavy atom. The van der Waals surface area contributed by atoms with Gasteiger partial charge in [-0.25, -0.2) is 8.42 Å². The number of nitrogens with one attached hydrogen (secondary N) is 1. The van der Waals surface area contributed by atoms with Crippen molar-refractivity contribution >= 4 is 16.1 Å². The number of fused-ring (bicyclic) bond motifs is 7. The Morgan fingerprint density at radius 3 is 2.28 bits per heavy atom. The molecule has 53 heavy (non-hydrogen) atoms. The van der Waals surface area contributed by atoms with E-state index < -0.39 is 15.3 Å². The molecule has 5 fully saturated rings. The summed E-state index contributed by atoms with van der Waals surface area (Å²) < 4.78 is 24.1. The Hall–Kier alpha value is 0.316. The molecule has 7 rings (SSSR count). The van der Waals surface area contributed by atoms with Crippen molar-refractivity contribution in [1.82, 2.24) is 10.2 Å². The van der Waals surface area contributed by atoms with Gasteiger partial charge in [0.2, 0.25) is 0 Å². The van der Waals surface area contributed by atoms with Crippen LogP contribution in [-0.4, -0.2) is 74.5 Å². The molecule has 5 N–H and O–H groups in total. The maximum atomic E-state index is 12.0. The maximum absolute atomic E-state index is 12.0. The minimum Gasteiger partial charge on any atom is -0.541 e. The number of rotatable bonds is 9. The molecule has 7 nitrogen and oxygen atoms in total. The minimum absolute atomic E-state index is 0. The molecule has 1 saturated heterocycles. The first kappa shape index (κ1) is 44.4. The number of nitrogens with zero attached hydrogens (tertiary/aromatic N) is 1. The van der Waals surface area contributed by atoms with Gasteiger partial charge in [-0.15, -0.1) is 5.41 Å². The largest absolute Gasteiger partial charge is 1.00 e. The van der Waals surface area contributed by atoms with Crippen molar-refractivity contribution < 1.29 is 75.2 Å². The smallest absolute Gasteiger partial charge is 0.541 e. The summed E-state index contributed by atoms with van der Waals surface area (Å²) in [6, 6.07) is 0. The van der Waals surface area contributed by atoms with E-state index in [9.17, 15) is 18.3 Å². The van der Waals surface area contributed by atoms with Crippen molar-refractivity contribution in [1.29, 1.82) is 0 Å². The number of aliphatic hydroxyl groups is 1. The molecule has 0 amide bonds. The van der Waals surface area contributed by atoms with E-state index in [1.54, 1.807) is 0 Å². The van der Waals surface area contributed by atoms with Gasteiger partial charge in [0.1, 0.15) is 0 Å². The summed E-state index contributed by atoms with van der Waals surface area (Å²) in [7, 11) is -2.86. The molecule has 294 valence electrons. The molecular weight excluding hydrogens is 708 g/mol. The fourth-order valence-electron chi connectivity index (χ4n) is 14.8. The summed E-state index contributed by atoms with van der Waals surface area (Å²) >= 11 is 0. The van der Waals surface area contributed by atoms with E-state index in [-0.39, 0.29) is 79.8 Å². The Kier molecular flexibility index (Phi) is 13.3. The number of hydrogen-bond acceptors (Lipinski definition) is 6. The molecule has 1 heterocycles. The number of carbonyl (C=O) groups excluding carboxylic acids is 1. The molecule has 6 aliphatic carbocycles. The first-order valence-electron chi connectivity index (χ1n) is 20.7. The molecule has 0 aromatic rings. The fourth-order valence-corrected chi connectivity index (χ4v) is 16.0. The van der Waals surface area contributed by atoms with Crippen molar-refractivity contribution in [2.24, 2.45) is 56.7 Å². The summed E-state index contributed by atoms with van der Waals surface area (Å²) in [5.74, 6) is 3.82.